The lowest BCUT2D eigenvalue weighted by Gasteiger charge is -2.26. The largest absolute Gasteiger partial charge is 0.490 e. The van der Waals surface area contributed by atoms with E-state index in [9.17, 15) is 4.39 Å². The number of allylic oxidation sites excluding steroid dienone is 1. The van der Waals surface area contributed by atoms with Crippen molar-refractivity contribution in [2.24, 2.45) is 11.8 Å². The highest BCUT2D eigenvalue weighted by Gasteiger charge is 2.18. The molecule has 2 aromatic carbocycles. The average molecular weight is 381 g/mol. The van der Waals surface area contributed by atoms with E-state index in [1.54, 1.807) is 12.1 Å². The Labute approximate surface area is 169 Å². The summed E-state index contributed by atoms with van der Waals surface area (Å²) in [7, 11) is 0. The summed E-state index contributed by atoms with van der Waals surface area (Å²) in [5.74, 6) is 2.36. The van der Waals surface area contributed by atoms with Crippen LogP contribution in [-0.2, 0) is 0 Å². The zero-order valence-corrected chi connectivity index (χ0v) is 17.1. The molecule has 150 valence electrons. The molecule has 0 saturated heterocycles. The van der Waals surface area contributed by atoms with Gasteiger partial charge in [0.15, 0.2) is 0 Å². The maximum Gasteiger partial charge on any atom is 0.123 e. The molecule has 0 spiro atoms. The van der Waals surface area contributed by atoms with Gasteiger partial charge in [0.1, 0.15) is 18.2 Å². The number of ether oxygens (including phenoxy) is 1. The summed E-state index contributed by atoms with van der Waals surface area (Å²) >= 11 is 0. The lowest BCUT2D eigenvalue weighted by atomic mass is 9.79. The first kappa shape index (κ1) is 20.6. The number of benzene rings is 2. The summed E-state index contributed by atoms with van der Waals surface area (Å²) in [6, 6.07) is 14.6. The van der Waals surface area contributed by atoms with Crippen LogP contribution in [0.5, 0.6) is 5.75 Å². The summed E-state index contributed by atoms with van der Waals surface area (Å²) in [6.45, 7) is 2.90. The molecular weight excluding hydrogens is 347 g/mol. The van der Waals surface area contributed by atoms with Crippen molar-refractivity contribution in [3.8, 4) is 16.9 Å². The second-order valence-corrected chi connectivity index (χ2v) is 8.05. The number of hydrogen-bond acceptors (Lipinski definition) is 1. The minimum absolute atomic E-state index is 0.208. The van der Waals surface area contributed by atoms with E-state index in [2.05, 4.69) is 19.1 Å². The third-order valence-corrected chi connectivity index (χ3v) is 5.89. The molecule has 0 aromatic heterocycles. The number of rotatable bonds is 9. The van der Waals surface area contributed by atoms with Crippen molar-refractivity contribution in [2.45, 2.75) is 58.3 Å². The van der Waals surface area contributed by atoms with Crippen molar-refractivity contribution in [1.82, 2.24) is 0 Å². The molecule has 0 unspecified atom stereocenters. The van der Waals surface area contributed by atoms with Crippen LogP contribution in [-0.4, -0.2) is 6.61 Å². The van der Waals surface area contributed by atoms with Crippen LogP contribution < -0.4 is 4.74 Å². The number of unbranched alkanes of at least 4 members (excludes halogenated alkanes) is 2. The van der Waals surface area contributed by atoms with Gasteiger partial charge in [-0.2, -0.15) is 0 Å². The molecule has 0 aliphatic heterocycles. The van der Waals surface area contributed by atoms with Crippen LogP contribution in [0, 0.1) is 17.7 Å². The van der Waals surface area contributed by atoms with Crippen molar-refractivity contribution in [1.29, 1.82) is 0 Å². The van der Waals surface area contributed by atoms with Gasteiger partial charge in [0.25, 0.3) is 0 Å². The number of halogens is 1. The topological polar surface area (TPSA) is 9.23 Å². The lowest BCUT2D eigenvalue weighted by molar-refractivity contribution is 0.288. The molecule has 0 heterocycles. The summed E-state index contributed by atoms with van der Waals surface area (Å²) in [6.07, 6.45) is 15.5. The van der Waals surface area contributed by atoms with Crippen molar-refractivity contribution in [3.05, 3.63) is 66.5 Å². The molecule has 0 radical (unpaired) electrons. The van der Waals surface area contributed by atoms with Crippen molar-refractivity contribution < 1.29 is 9.13 Å². The Kier molecular flexibility index (Phi) is 8.14. The van der Waals surface area contributed by atoms with Crippen LogP contribution in [0.25, 0.3) is 11.1 Å². The Balaban J connectivity index is 1.37. The van der Waals surface area contributed by atoms with Crippen LogP contribution in [0.2, 0.25) is 0 Å². The fourth-order valence-corrected chi connectivity index (χ4v) is 4.13. The molecule has 2 heteroatoms. The van der Waals surface area contributed by atoms with Gasteiger partial charge in [-0.15, -0.1) is 0 Å². The monoisotopic (exact) mass is 380 g/mol. The van der Waals surface area contributed by atoms with Gasteiger partial charge in [-0.25, -0.2) is 4.39 Å². The summed E-state index contributed by atoms with van der Waals surface area (Å²) in [4.78, 5) is 0. The van der Waals surface area contributed by atoms with Crippen LogP contribution in [0.3, 0.4) is 0 Å². The highest BCUT2D eigenvalue weighted by atomic mass is 19.1. The van der Waals surface area contributed by atoms with Crippen LogP contribution in [0.1, 0.15) is 58.3 Å². The quantitative estimate of drug-likeness (QED) is 0.318. The Morgan fingerprint density at radius 2 is 1.54 bits per heavy atom. The highest BCUT2D eigenvalue weighted by molar-refractivity contribution is 5.63. The lowest BCUT2D eigenvalue weighted by Crippen LogP contribution is -2.13. The molecule has 1 fully saturated rings. The van der Waals surface area contributed by atoms with E-state index in [0.29, 0.717) is 6.61 Å². The summed E-state index contributed by atoms with van der Waals surface area (Å²) in [5, 5.41) is 0. The molecule has 28 heavy (non-hydrogen) atoms. The van der Waals surface area contributed by atoms with E-state index < -0.39 is 0 Å². The smallest absolute Gasteiger partial charge is 0.123 e. The van der Waals surface area contributed by atoms with Gasteiger partial charge in [-0.05, 0) is 72.9 Å². The van der Waals surface area contributed by atoms with Crippen LogP contribution in [0.15, 0.2) is 60.7 Å². The molecule has 1 saturated carbocycles. The molecule has 1 nitrogen and oxygen atoms in total. The Hall–Kier alpha value is -2.09. The molecule has 3 rings (SSSR count). The third kappa shape index (κ3) is 6.51. The molecule has 1 aliphatic rings. The van der Waals surface area contributed by atoms with Crippen molar-refractivity contribution in [3.63, 3.8) is 0 Å². The first-order valence-electron chi connectivity index (χ1n) is 10.9. The normalized spacial score (nSPS) is 19.8. The van der Waals surface area contributed by atoms with Gasteiger partial charge < -0.3 is 4.74 Å². The highest BCUT2D eigenvalue weighted by Crippen LogP contribution is 2.32. The van der Waals surface area contributed by atoms with Gasteiger partial charge in [-0.3, -0.25) is 0 Å². The van der Waals surface area contributed by atoms with E-state index in [-0.39, 0.29) is 5.82 Å². The minimum Gasteiger partial charge on any atom is -0.490 e. The number of hydrogen-bond donors (Lipinski definition) is 0. The van der Waals surface area contributed by atoms with Gasteiger partial charge in [0, 0.05) is 0 Å². The van der Waals surface area contributed by atoms with Gasteiger partial charge in [-0.1, -0.05) is 69.0 Å². The summed E-state index contributed by atoms with van der Waals surface area (Å²) < 4.78 is 18.9. The maximum atomic E-state index is 13.0. The molecular formula is C26H33FO. The zero-order chi connectivity index (χ0) is 19.6. The molecule has 0 atom stereocenters. The summed E-state index contributed by atoms with van der Waals surface area (Å²) in [5.41, 5.74) is 2.08. The van der Waals surface area contributed by atoms with Gasteiger partial charge >= 0.3 is 0 Å². The predicted octanol–water partition coefficient (Wildman–Crippen LogP) is 7.81. The second-order valence-electron chi connectivity index (χ2n) is 8.05. The van der Waals surface area contributed by atoms with Gasteiger partial charge in [0.05, 0.1) is 0 Å². The van der Waals surface area contributed by atoms with Crippen molar-refractivity contribution >= 4 is 0 Å². The molecule has 0 bridgehead atoms. The molecule has 0 N–H and O–H groups in total. The molecule has 2 aromatic rings. The van der Waals surface area contributed by atoms with Crippen LogP contribution in [0.4, 0.5) is 4.39 Å². The first-order valence-corrected chi connectivity index (χ1v) is 10.9. The minimum atomic E-state index is -0.208. The fraction of sp³-hybridized carbons (Fsp3) is 0.462. The predicted molar refractivity (Wildman–Crippen MR) is 116 cm³/mol. The standard InChI is InChI=1S/C26H33FO/c1-2-3-4-6-21-8-10-22(11-9-21)7-5-20-28-26-18-14-24(15-19-26)23-12-16-25(27)17-13-23/h5,7,12-19,21-22H,2-4,6,8-11,20H2,1H3/b7-5+. The molecule has 0 amide bonds. The maximum absolute atomic E-state index is 13.0. The zero-order valence-electron chi connectivity index (χ0n) is 17.1. The first-order chi connectivity index (χ1) is 13.7. The van der Waals surface area contributed by atoms with E-state index in [1.807, 2.05) is 24.3 Å². The Morgan fingerprint density at radius 1 is 0.893 bits per heavy atom. The Bertz CT molecular complexity index is 709. The van der Waals surface area contributed by atoms with Gasteiger partial charge in [0.2, 0.25) is 0 Å². The van der Waals surface area contributed by atoms with Crippen LogP contribution >= 0.6 is 0 Å². The van der Waals surface area contributed by atoms with E-state index >= 15 is 0 Å². The SMILES string of the molecule is CCCCCC1CCC(/C=C/COc2ccc(-c3ccc(F)cc3)cc2)CC1. The average Bonchev–Trinajstić information content (AvgIpc) is 2.73. The second kappa shape index (κ2) is 11.0. The van der Waals surface area contributed by atoms with E-state index in [0.717, 1.165) is 28.7 Å². The fourth-order valence-electron chi connectivity index (χ4n) is 4.13. The Morgan fingerprint density at radius 3 is 2.18 bits per heavy atom. The van der Waals surface area contributed by atoms with E-state index in [4.69, 9.17) is 4.74 Å². The molecule has 1 aliphatic carbocycles. The van der Waals surface area contributed by atoms with E-state index in [1.165, 1.54) is 63.5 Å². The third-order valence-electron chi connectivity index (χ3n) is 5.89. The van der Waals surface area contributed by atoms with Crippen molar-refractivity contribution in [2.75, 3.05) is 6.61 Å².